The van der Waals surface area contributed by atoms with Crippen molar-refractivity contribution in [1.82, 2.24) is 0 Å². The molecule has 116 heavy (non-hydrogen) atoms. The van der Waals surface area contributed by atoms with Crippen molar-refractivity contribution in [2.75, 3.05) is 19.6 Å². The van der Waals surface area contributed by atoms with Crippen molar-refractivity contribution in [2.24, 2.45) is 0 Å². The van der Waals surface area contributed by atoms with E-state index < -0.39 is 16.1 Å². The fraction of sp³-hybridized carbons (Fsp3) is 0.0385. The Balaban J connectivity index is 0.000000137. The van der Waals surface area contributed by atoms with Gasteiger partial charge >= 0.3 is 0 Å². The van der Waals surface area contributed by atoms with Crippen molar-refractivity contribution in [2.45, 2.75) is 26.2 Å². The average Bonchev–Trinajstić information content (AvgIpc) is 1.55. The summed E-state index contributed by atoms with van der Waals surface area (Å²) in [5, 5.41) is 17.5. The van der Waals surface area contributed by atoms with Crippen molar-refractivity contribution < 1.29 is 17.7 Å². The fourth-order valence-electron chi connectivity index (χ4n) is 18.9. The Morgan fingerprint density at radius 3 is 0.931 bits per heavy atom. The first kappa shape index (κ1) is 67.9. The predicted molar refractivity (Wildman–Crippen MR) is 496 cm³/mol. The first-order valence-electron chi connectivity index (χ1n) is 39.5. The normalized spacial score (nSPS) is 13.1. The molecule has 0 radical (unpaired) electrons. The molecule has 6 aromatic heterocycles. The van der Waals surface area contributed by atoms with Crippen LogP contribution in [0.15, 0.2) is 382 Å². The summed E-state index contributed by atoms with van der Waals surface area (Å²) in [6.45, 7) is 9.89. The second-order valence-electron chi connectivity index (χ2n) is 31.4. The molecule has 0 fully saturated rings. The molecule has 0 amide bonds. The van der Waals surface area contributed by atoms with Crippen molar-refractivity contribution in [3.8, 4) is 22.6 Å². The molecule has 2 aliphatic rings. The number of fused-ring (bicyclic) bond motifs is 22. The van der Waals surface area contributed by atoms with Crippen LogP contribution in [0.4, 0.5) is 68.2 Å². The van der Waals surface area contributed by atoms with Crippen molar-refractivity contribution in [3.63, 3.8) is 0 Å². The van der Waals surface area contributed by atoms with Gasteiger partial charge in [0, 0.05) is 109 Å². The molecule has 0 aliphatic carbocycles. The molecule has 16 aromatic carbocycles. The maximum absolute atomic E-state index is 6.99. The van der Waals surface area contributed by atoms with Gasteiger partial charge in [-0.3, -0.25) is 0 Å². The van der Waals surface area contributed by atoms with E-state index in [1.807, 2.05) is 46.9 Å². The maximum atomic E-state index is 6.99. The number of thiophene rings is 2. The Morgan fingerprint density at radius 1 is 0.224 bits per heavy atom. The second kappa shape index (κ2) is 26.4. The summed E-state index contributed by atoms with van der Waals surface area (Å²) in [7, 11) is -4.41. The van der Waals surface area contributed by atoms with Crippen LogP contribution in [0.2, 0.25) is 26.2 Å². The van der Waals surface area contributed by atoms with Gasteiger partial charge in [0.15, 0.2) is 0 Å². The Kier molecular flexibility index (Phi) is 15.5. The van der Waals surface area contributed by atoms with Crippen LogP contribution in [-0.4, -0.2) is 16.1 Å². The van der Waals surface area contributed by atoms with Gasteiger partial charge in [-0.05, 0) is 191 Å². The predicted octanol–water partition coefficient (Wildman–Crippen LogP) is 28.9. The van der Waals surface area contributed by atoms with E-state index in [-0.39, 0.29) is 0 Å². The topological polar surface area (TPSA) is 65.5 Å². The third-order valence-electron chi connectivity index (χ3n) is 24.0. The largest absolute Gasteiger partial charge is 0.456 e. The van der Waals surface area contributed by atoms with Crippen LogP contribution in [0.25, 0.3) is 129 Å². The third kappa shape index (κ3) is 10.5. The molecule has 0 unspecified atom stereocenters. The first-order valence-corrected chi connectivity index (χ1v) is 47.1. The molecule has 8 nitrogen and oxygen atoms in total. The number of nitrogens with zero attached hydrogens (tertiary/aromatic N) is 4. The van der Waals surface area contributed by atoms with Gasteiger partial charge < -0.3 is 37.3 Å². The van der Waals surface area contributed by atoms with Crippen molar-refractivity contribution in [3.05, 3.63) is 364 Å². The second-order valence-corrected chi connectivity index (χ2v) is 42.0. The first-order chi connectivity index (χ1) is 57.1. The lowest BCUT2D eigenvalue weighted by molar-refractivity contribution is 0.634. The summed E-state index contributed by atoms with van der Waals surface area (Å²) in [5.41, 5.74) is 21.0. The van der Waals surface area contributed by atoms with Crippen LogP contribution in [0.3, 0.4) is 0 Å². The van der Waals surface area contributed by atoms with Gasteiger partial charge in [0.2, 0.25) is 0 Å². The summed E-state index contributed by atoms with van der Waals surface area (Å²) in [4.78, 5) is 9.57. The number of benzene rings is 16. The molecule has 0 saturated heterocycles. The van der Waals surface area contributed by atoms with E-state index in [0.717, 1.165) is 123 Å². The summed E-state index contributed by atoms with van der Waals surface area (Å²) >= 11 is 3.74. The number of para-hydroxylation sites is 6. The summed E-state index contributed by atoms with van der Waals surface area (Å²) in [6.07, 6.45) is 0. The molecule has 2 aliphatic heterocycles. The third-order valence-corrected chi connectivity index (χ3v) is 33.5. The zero-order valence-corrected chi connectivity index (χ0v) is 67.5. The van der Waals surface area contributed by atoms with Gasteiger partial charge in [0.1, 0.15) is 61.2 Å². The lowest BCUT2D eigenvalue weighted by Crippen LogP contribution is -2.49. The van der Waals surface area contributed by atoms with E-state index >= 15 is 0 Å². The lowest BCUT2D eigenvalue weighted by atomic mass is 10.1. The standard InChI is InChI=1S/C52H36N2O3Si.C52H36N2OS2Si/c1-58(2)48-30-28-36(54(34-17-7-4-8-18-34)42-22-14-26-47-50(42)38-20-10-12-24-44(38)56-47)32-40(48)51-52(58)39-31-35(27-29-45(39)57-51)53(33-15-5-3-6-16-33)41-21-13-25-46-49(41)37-19-9-11-23-43(37)55-46;1-58(2)48-30-28-36(54(34-17-7-4-8-18-34)44-24-14-22-40-38-20-10-12-26-47(38)57-51(40)44)32-42(48)49-52(58)41-31-35(27-29-45(41)55-49)53(33-15-5-3-6-16-33)43-23-13-21-39-37-19-9-11-25-46(37)56-50(39)43/h2*3-32H,1-2H3. The fourth-order valence-corrected chi connectivity index (χ4v) is 27.8. The van der Waals surface area contributed by atoms with E-state index in [4.69, 9.17) is 17.7 Å². The van der Waals surface area contributed by atoms with Crippen LogP contribution in [0.1, 0.15) is 0 Å². The molecule has 0 saturated carbocycles. The Hall–Kier alpha value is -13.7. The number of hydrogen-bond donors (Lipinski definition) is 0. The van der Waals surface area contributed by atoms with Gasteiger partial charge in [-0.25, -0.2) is 0 Å². The molecule has 0 spiro atoms. The smallest absolute Gasteiger partial charge is 0.137 e. The molecule has 8 heterocycles. The van der Waals surface area contributed by atoms with Crippen molar-refractivity contribution >= 4 is 234 Å². The van der Waals surface area contributed by atoms with Gasteiger partial charge in [-0.15, -0.1) is 22.7 Å². The monoisotopic (exact) mass is 1560 g/mol. The molecular weight excluding hydrogens is 1490 g/mol. The highest BCUT2D eigenvalue weighted by Gasteiger charge is 2.45. The number of furan rings is 4. The maximum Gasteiger partial charge on any atom is 0.137 e. The van der Waals surface area contributed by atoms with E-state index in [9.17, 15) is 0 Å². The molecule has 0 bridgehead atoms. The minimum absolute atomic E-state index is 0.867. The molecular formula is C104H72N4O4S2Si2. The molecule has 12 heteroatoms. The van der Waals surface area contributed by atoms with Crippen LogP contribution >= 0.6 is 22.7 Å². The molecule has 22 aromatic rings. The summed E-state index contributed by atoms with van der Waals surface area (Å²) < 4.78 is 31.9. The zero-order valence-electron chi connectivity index (χ0n) is 63.9. The van der Waals surface area contributed by atoms with Crippen LogP contribution < -0.4 is 40.3 Å². The quantitative estimate of drug-likeness (QED) is 0.112. The van der Waals surface area contributed by atoms with Gasteiger partial charge in [-0.2, -0.15) is 0 Å². The molecule has 0 atom stereocenters. The van der Waals surface area contributed by atoms with Gasteiger partial charge in [0.25, 0.3) is 0 Å². The minimum Gasteiger partial charge on any atom is -0.456 e. The number of anilines is 12. The van der Waals surface area contributed by atoms with Crippen LogP contribution in [0, 0.1) is 0 Å². The van der Waals surface area contributed by atoms with Crippen LogP contribution in [-0.2, 0) is 0 Å². The molecule has 0 N–H and O–H groups in total. The Labute approximate surface area is 679 Å². The van der Waals surface area contributed by atoms with E-state index in [1.165, 1.54) is 94.4 Å². The van der Waals surface area contributed by atoms with E-state index in [2.05, 4.69) is 386 Å². The van der Waals surface area contributed by atoms with Gasteiger partial charge in [0.05, 0.1) is 42.9 Å². The van der Waals surface area contributed by atoms with Gasteiger partial charge in [-0.1, -0.05) is 220 Å². The van der Waals surface area contributed by atoms with Crippen LogP contribution in [0.5, 0.6) is 0 Å². The highest BCUT2D eigenvalue weighted by molar-refractivity contribution is 7.27. The zero-order chi connectivity index (χ0) is 77.1. The lowest BCUT2D eigenvalue weighted by Gasteiger charge is -2.27. The highest BCUT2D eigenvalue weighted by Crippen LogP contribution is 2.52. The summed E-state index contributed by atoms with van der Waals surface area (Å²) in [6, 6.07) is 131. The number of rotatable bonds is 12. The molecule has 24 rings (SSSR count). The van der Waals surface area contributed by atoms with E-state index in [1.54, 1.807) is 0 Å². The van der Waals surface area contributed by atoms with E-state index in [0.29, 0.717) is 0 Å². The highest BCUT2D eigenvalue weighted by atomic mass is 32.1. The van der Waals surface area contributed by atoms with Crippen molar-refractivity contribution in [1.29, 1.82) is 0 Å². The SMILES string of the molecule is C[Si]1(C)c2ccc(N(c3ccccc3)c3cccc4c3sc3ccccc34)cc2-c2oc3ccc(N(c4ccccc4)c4cccc5c4sc4ccccc45)cc3c21.C[Si]1(C)c2ccc(N(c3ccccc3)c3cccc4oc5ccccc5c34)cc2-c2oc3ccc(N(c4ccccc4)c4cccc5oc6ccccc6c45)cc3c21. The summed E-state index contributed by atoms with van der Waals surface area (Å²) in [5.74, 6) is 2.00. The Morgan fingerprint density at radius 2 is 0.526 bits per heavy atom. The number of hydrogen-bond acceptors (Lipinski definition) is 10. The minimum atomic E-state index is -2.23. The Bertz CT molecular complexity index is 7710. The molecule has 552 valence electrons. The average molecular weight is 1560 g/mol.